The summed E-state index contributed by atoms with van der Waals surface area (Å²) in [6.07, 6.45) is 0. The van der Waals surface area contributed by atoms with Crippen molar-refractivity contribution in [3.63, 3.8) is 0 Å². The Kier molecular flexibility index (Phi) is 15.7. The van der Waals surface area contributed by atoms with Crippen molar-refractivity contribution >= 4 is 6.01 Å². The van der Waals surface area contributed by atoms with Gasteiger partial charge in [-0.2, -0.15) is 0 Å². The van der Waals surface area contributed by atoms with Gasteiger partial charge >= 0.3 is 0 Å². The molecule has 0 saturated carbocycles. The van der Waals surface area contributed by atoms with Gasteiger partial charge in [0, 0.05) is 26.2 Å². The minimum atomic E-state index is 0.312. The molecule has 5 heteroatoms. The smallest absolute Gasteiger partial charge is 0.0897 e. The third kappa shape index (κ3) is 23.2. The van der Waals surface area contributed by atoms with Gasteiger partial charge in [0.05, 0.1) is 18.1 Å². The lowest BCUT2D eigenvalue weighted by Gasteiger charge is -1.95. The van der Waals surface area contributed by atoms with Crippen molar-refractivity contribution in [2.45, 2.75) is 39.8 Å². The summed E-state index contributed by atoms with van der Waals surface area (Å²) in [7, 11) is 0. The summed E-state index contributed by atoms with van der Waals surface area (Å²) < 4.78 is 0. The Morgan fingerprint density at radius 3 is 1.56 bits per heavy atom. The number of rotatable bonds is 6. The molecule has 96 valence electrons. The van der Waals surface area contributed by atoms with Crippen molar-refractivity contribution in [2.24, 2.45) is 21.5 Å². The van der Waals surface area contributed by atoms with Crippen LogP contribution in [0.4, 0.5) is 0 Å². The molecule has 0 amide bonds. The number of hydrogen-bond donors (Lipinski definition) is 3. The number of aliphatic imine (C=N–C) groups is 2. The largest absolute Gasteiger partial charge is 0.329 e. The van der Waals surface area contributed by atoms with Gasteiger partial charge in [0.1, 0.15) is 0 Å². The normalized spacial score (nSPS) is 9.50. The van der Waals surface area contributed by atoms with Crippen molar-refractivity contribution in [2.75, 3.05) is 26.2 Å². The van der Waals surface area contributed by atoms with Crippen LogP contribution in [0.3, 0.4) is 0 Å². The van der Waals surface area contributed by atoms with E-state index in [0.29, 0.717) is 25.2 Å². The molecule has 0 radical (unpaired) electrons. The van der Waals surface area contributed by atoms with Crippen molar-refractivity contribution in [3.8, 4) is 0 Å². The molecule has 0 unspecified atom stereocenters. The van der Waals surface area contributed by atoms with Crippen molar-refractivity contribution in [3.05, 3.63) is 0 Å². The molecule has 0 fully saturated rings. The number of nitrogens with one attached hydrogen (secondary N) is 1. The van der Waals surface area contributed by atoms with E-state index in [1.165, 1.54) is 0 Å². The third-order valence-electron chi connectivity index (χ3n) is 1.27. The van der Waals surface area contributed by atoms with Crippen LogP contribution >= 0.6 is 0 Å². The molecule has 0 spiro atoms. The lowest BCUT2D eigenvalue weighted by Crippen LogP contribution is -2.27. The van der Waals surface area contributed by atoms with Crippen LogP contribution in [0.15, 0.2) is 9.98 Å². The Bertz CT molecular complexity index is 167. The summed E-state index contributed by atoms with van der Waals surface area (Å²) in [5.41, 5.74) is 10.3. The zero-order chi connectivity index (χ0) is 12.8. The van der Waals surface area contributed by atoms with Gasteiger partial charge in [0.15, 0.2) is 0 Å². The first-order chi connectivity index (χ1) is 7.54. The highest BCUT2D eigenvalue weighted by molar-refractivity contribution is 5.41. The van der Waals surface area contributed by atoms with Gasteiger partial charge in [0.25, 0.3) is 0 Å². The molecule has 16 heavy (non-hydrogen) atoms. The molecule has 5 N–H and O–H groups in total. The summed E-state index contributed by atoms with van der Waals surface area (Å²) in [6.45, 7) is 11.1. The van der Waals surface area contributed by atoms with Gasteiger partial charge in [-0.05, 0) is 27.7 Å². The lowest BCUT2D eigenvalue weighted by molar-refractivity contribution is 0.696. The fraction of sp³-hybridized carbons (Fsp3) is 0.909. The summed E-state index contributed by atoms with van der Waals surface area (Å²) in [5, 5.41) is 3.03. The fourth-order valence-corrected chi connectivity index (χ4v) is 0.593. The van der Waals surface area contributed by atoms with Crippen LogP contribution in [-0.2, 0) is 0 Å². The molecule has 0 rings (SSSR count). The summed E-state index contributed by atoms with van der Waals surface area (Å²) in [6, 6.07) is 3.26. The van der Waals surface area contributed by atoms with Gasteiger partial charge in [0.2, 0.25) is 0 Å². The Balaban J connectivity index is 0. The second-order valence-electron chi connectivity index (χ2n) is 3.87. The van der Waals surface area contributed by atoms with Gasteiger partial charge in [-0.1, -0.05) is 0 Å². The van der Waals surface area contributed by atoms with Gasteiger partial charge in [-0.15, -0.1) is 0 Å². The number of hydrogen-bond acceptors (Lipinski definition) is 5. The van der Waals surface area contributed by atoms with E-state index in [9.17, 15) is 0 Å². The molecule has 0 heterocycles. The van der Waals surface area contributed by atoms with Crippen LogP contribution in [0.5, 0.6) is 0 Å². The Labute approximate surface area is 99.4 Å². The Hall–Kier alpha value is -0.740. The van der Waals surface area contributed by atoms with E-state index in [-0.39, 0.29) is 0 Å². The van der Waals surface area contributed by atoms with E-state index < -0.39 is 0 Å². The predicted molar refractivity (Wildman–Crippen MR) is 71.1 cm³/mol. The van der Waals surface area contributed by atoms with Crippen molar-refractivity contribution in [1.82, 2.24) is 5.32 Å². The van der Waals surface area contributed by atoms with Crippen molar-refractivity contribution in [1.29, 1.82) is 0 Å². The second-order valence-corrected chi connectivity index (χ2v) is 3.87. The van der Waals surface area contributed by atoms with E-state index in [2.05, 4.69) is 21.3 Å². The third-order valence-corrected chi connectivity index (χ3v) is 1.27. The topological polar surface area (TPSA) is 88.8 Å². The van der Waals surface area contributed by atoms with E-state index in [1.807, 2.05) is 27.7 Å². The molecule has 0 aliphatic carbocycles. The monoisotopic (exact) mass is 229 g/mol. The first-order valence-electron chi connectivity index (χ1n) is 5.80. The zero-order valence-electron chi connectivity index (χ0n) is 11.0. The lowest BCUT2D eigenvalue weighted by atomic mass is 10.4. The molecule has 0 aliphatic heterocycles. The maximum atomic E-state index is 5.17. The van der Waals surface area contributed by atoms with E-state index >= 15 is 0 Å². The second kappa shape index (κ2) is 14.3. The molecular formula is C11H27N5. The Morgan fingerprint density at radius 1 is 0.938 bits per heavy atom. The highest BCUT2D eigenvalue weighted by Crippen LogP contribution is 1.84. The summed E-state index contributed by atoms with van der Waals surface area (Å²) in [5.74, 6) is 0. The van der Waals surface area contributed by atoms with Crippen LogP contribution in [0.2, 0.25) is 0 Å². The van der Waals surface area contributed by atoms with Gasteiger partial charge in [-0.25, -0.2) is 9.98 Å². The molecule has 0 saturated heterocycles. The fourth-order valence-electron chi connectivity index (χ4n) is 0.593. The van der Waals surface area contributed by atoms with Crippen LogP contribution in [0.1, 0.15) is 27.7 Å². The molecule has 0 atom stereocenters. The minimum Gasteiger partial charge on any atom is -0.329 e. The average Bonchev–Trinajstić information content (AvgIpc) is 2.18. The zero-order valence-corrected chi connectivity index (χ0v) is 11.0. The standard InChI is InChI=1S/C7H14N2.C4H13N3/c1-6(2)8-5-9-7(3)4;5-1-3-7-4-2-6/h6-7H,1-4H3;7H,1-6H2. The predicted octanol–water partition coefficient (Wildman–Crippen LogP) is 0.471. The summed E-state index contributed by atoms with van der Waals surface area (Å²) >= 11 is 0. The molecule has 0 bridgehead atoms. The number of nitrogens with zero attached hydrogens (tertiary/aromatic N) is 2. The van der Waals surface area contributed by atoms with E-state index in [4.69, 9.17) is 11.5 Å². The maximum Gasteiger partial charge on any atom is 0.0897 e. The van der Waals surface area contributed by atoms with E-state index in [1.54, 1.807) is 0 Å². The van der Waals surface area contributed by atoms with Crippen LogP contribution in [0.25, 0.3) is 0 Å². The SMILES string of the molecule is CC(C)N=C=NC(C)C.NCCNCCN. The van der Waals surface area contributed by atoms with Gasteiger partial charge in [-0.3, -0.25) is 0 Å². The molecular weight excluding hydrogens is 202 g/mol. The summed E-state index contributed by atoms with van der Waals surface area (Å²) in [4.78, 5) is 7.90. The molecule has 0 aliphatic rings. The Morgan fingerprint density at radius 2 is 1.31 bits per heavy atom. The highest BCUT2D eigenvalue weighted by Gasteiger charge is 1.82. The highest BCUT2D eigenvalue weighted by atomic mass is 14.9. The van der Waals surface area contributed by atoms with Crippen LogP contribution in [0, 0.1) is 0 Å². The first kappa shape index (κ1) is 17.6. The molecule has 0 aromatic rings. The van der Waals surface area contributed by atoms with Gasteiger partial charge < -0.3 is 16.8 Å². The first-order valence-corrected chi connectivity index (χ1v) is 5.80. The molecule has 5 nitrogen and oxygen atoms in total. The number of nitrogens with two attached hydrogens (primary N) is 2. The van der Waals surface area contributed by atoms with Crippen molar-refractivity contribution < 1.29 is 0 Å². The minimum absolute atomic E-state index is 0.312. The van der Waals surface area contributed by atoms with Crippen LogP contribution < -0.4 is 16.8 Å². The average molecular weight is 229 g/mol. The molecule has 0 aromatic heterocycles. The van der Waals surface area contributed by atoms with Crippen LogP contribution in [-0.4, -0.2) is 44.3 Å². The van der Waals surface area contributed by atoms with E-state index in [0.717, 1.165) is 13.1 Å². The maximum absolute atomic E-state index is 5.17. The molecule has 0 aromatic carbocycles. The quantitative estimate of drug-likeness (QED) is 0.457.